The number of nitro benzene ring substituents is 1. The molecule has 19 heavy (non-hydrogen) atoms. The standard InChI is InChI=1S/C13H15NO5/c15-13(16)10-5-2-6-11(14(17)18)12(10)19-8-7-9-3-1-4-9/h2,5-6,9H,1,3-4,7-8H2,(H,15,16). The lowest BCUT2D eigenvalue weighted by Crippen LogP contribution is -2.15. The van der Waals surface area contributed by atoms with E-state index in [0.29, 0.717) is 12.5 Å². The van der Waals surface area contributed by atoms with Crippen LogP contribution in [0.15, 0.2) is 18.2 Å². The molecule has 1 aliphatic rings. The third-order valence-corrected chi connectivity index (χ3v) is 3.42. The number of hydrogen-bond donors (Lipinski definition) is 1. The van der Waals surface area contributed by atoms with Crippen LogP contribution in [0.1, 0.15) is 36.0 Å². The van der Waals surface area contributed by atoms with Crippen LogP contribution in [0.2, 0.25) is 0 Å². The Balaban J connectivity index is 2.14. The summed E-state index contributed by atoms with van der Waals surface area (Å²) in [6.45, 7) is 0.315. The van der Waals surface area contributed by atoms with E-state index in [9.17, 15) is 14.9 Å². The fourth-order valence-electron chi connectivity index (χ4n) is 2.10. The van der Waals surface area contributed by atoms with Crippen molar-refractivity contribution in [2.75, 3.05) is 6.61 Å². The van der Waals surface area contributed by atoms with Crippen molar-refractivity contribution in [1.82, 2.24) is 0 Å². The second-order valence-corrected chi connectivity index (χ2v) is 4.65. The normalized spacial score (nSPS) is 14.7. The van der Waals surface area contributed by atoms with Gasteiger partial charge in [-0.3, -0.25) is 10.1 Å². The summed E-state index contributed by atoms with van der Waals surface area (Å²) in [6, 6.07) is 3.92. The van der Waals surface area contributed by atoms with Gasteiger partial charge in [0, 0.05) is 6.07 Å². The number of hydrogen-bond acceptors (Lipinski definition) is 4. The molecule has 0 aliphatic heterocycles. The van der Waals surface area contributed by atoms with E-state index in [-0.39, 0.29) is 17.0 Å². The van der Waals surface area contributed by atoms with Crippen LogP contribution >= 0.6 is 0 Å². The molecule has 0 bridgehead atoms. The average Bonchev–Trinajstić information content (AvgIpc) is 2.31. The summed E-state index contributed by atoms with van der Waals surface area (Å²) in [5.74, 6) is -0.752. The van der Waals surface area contributed by atoms with Crippen molar-refractivity contribution in [3.05, 3.63) is 33.9 Å². The van der Waals surface area contributed by atoms with Gasteiger partial charge in [-0.1, -0.05) is 25.3 Å². The van der Waals surface area contributed by atoms with Gasteiger partial charge in [0.15, 0.2) is 0 Å². The van der Waals surface area contributed by atoms with Crippen LogP contribution in [0.3, 0.4) is 0 Å². The molecule has 0 saturated heterocycles. The summed E-state index contributed by atoms with van der Waals surface area (Å²) in [5.41, 5.74) is -0.462. The lowest BCUT2D eigenvalue weighted by molar-refractivity contribution is -0.385. The third kappa shape index (κ3) is 3.01. The molecule has 0 unspecified atom stereocenters. The Kier molecular flexibility index (Phi) is 3.99. The molecule has 1 aliphatic carbocycles. The quantitative estimate of drug-likeness (QED) is 0.631. The maximum absolute atomic E-state index is 11.1. The van der Waals surface area contributed by atoms with Crippen molar-refractivity contribution in [3.63, 3.8) is 0 Å². The van der Waals surface area contributed by atoms with Crippen LogP contribution in [0.4, 0.5) is 5.69 Å². The number of carbonyl (C=O) groups is 1. The fourth-order valence-corrected chi connectivity index (χ4v) is 2.10. The lowest BCUT2D eigenvalue weighted by Gasteiger charge is -2.25. The smallest absolute Gasteiger partial charge is 0.339 e. The summed E-state index contributed by atoms with van der Waals surface area (Å²) in [7, 11) is 0. The van der Waals surface area contributed by atoms with Gasteiger partial charge in [-0.2, -0.15) is 0 Å². The monoisotopic (exact) mass is 265 g/mol. The van der Waals surface area contributed by atoms with Crippen molar-refractivity contribution >= 4 is 11.7 Å². The minimum Gasteiger partial charge on any atom is -0.486 e. The number of benzene rings is 1. The van der Waals surface area contributed by atoms with E-state index in [1.807, 2.05) is 0 Å². The van der Waals surface area contributed by atoms with E-state index in [0.717, 1.165) is 19.3 Å². The number of nitrogens with zero attached hydrogens (tertiary/aromatic N) is 1. The Labute approximate surface area is 110 Å². The molecule has 0 heterocycles. The predicted molar refractivity (Wildman–Crippen MR) is 67.5 cm³/mol. The Morgan fingerprint density at radius 3 is 2.74 bits per heavy atom. The first-order chi connectivity index (χ1) is 9.09. The van der Waals surface area contributed by atoms with Crippen molar-refractivity contribution in [3.8, 4) is 5.75 Å². The maximum atomic E-state index is 11.1. The zero-order chi connectivity index (χ0) is 13.8. The van der Waals surface area contributed by atoms with Gasteiger partial charge in [0.25, 0.3) is 0 Å². The average molecular weight is 265 g/mol. The summed E-state index contributed by atoms with van der Waals surface area (Å²) in [4.78, 5) is 21.3. The highest BCUT2D eigenvalue weighted by Crippen LogP contribution is 2.33. The van der Waals surface area contributed by atoms with Crippen LogP contribution in [0.5, 0.6) is 5.75 Å². The first kappa shape index (κ1) is 13.3. The highest BCUT2D eigenvalue weighted by atomic mass is 16.6. The minimum absolute atomic E-state index is 0.140. The van der Waals surface area contributed by atoms with Crippen LogP contribution in [-0.4, -0.2) is 22.6 Å². The molecule has 1 fully saturated rings. The fraction of sp³-hybridized carbons (Fsp3) is 0.462. The summed E-state index contributed by atoms with van der Waals surface area (Å²) >= 11 is 0. The Hall–Kier alpha value is -2.11. The van der Waals surface area contributed by atoms with Crippen LogP contribution < -0.4 is 4.74 Å². The van der Waals surface area contributed by atoms with Gasteiger partial charge in [0.2, 0.25) is 5.75 Å². The van der Waals surface area contributed by atoms with E-state index in [2.05, 4.69) is 0 Å². The molecular formula is C13H15NO5. The van der Waals surface area contributed by atoms with E-state index in [1.54, 1.807) is 0 Å². The van der Waals surface area contributed by atoms with Crippen molar-refractivity contribution < 1.29 is 19.6 Å². The zero-order valence-corrected chi connectivity index (χ0v) is 10.4. The molecule has 1 saturated carbocycles. The topological polar surface area (TPSA) is 89.7 Å². The number of ether oxygens (including phenoxy) is 1. The van der Waals surface area contributed by atoms with Crippen molar-refractivity contribution in [2.45, 2.75) is 25.7 Å². The number of para-hydroxylation sites is 1. The molecule has 102 valence electrons. The van der Waals surface area contributed by atoms with Gasteiger partial charge in [-0.15, -0.1) is 0 Å². The Morgan fingerprint density at radius 1 is 1.47 bits per heavy atom. The van der Waals surface area contributed by atoms with E-state index in [1.165, 1.54) is 24.6 Å². The van der Waals surface area contributed by atoms with E-state index in [4.69, 9.17) is 9.84 Å². The Bertz CT molecular complexity index is 464. The molecule has 1 N–H and O–H groups in total. The first-order valence-corrected chi connectivity index (χ1v) is 6.23. The van der Waals surface area contributed by atoms with Gasteiger partial charge in [0.1, 0.15) is 5.56 Å². The first-order valence-electron chi connectivity index (χ1n) is 6.23. The molecule has 0 spiro atoms. The number of carboxylic acid groups (broad SMARTS) is 1. The summed E-state index contributed by atoms with van der Waals surface area (Å²) < 4.78 is 5.37. The van der Waals surface area contributed by atoms with Crippen LogP contribution in [-0.2, 0) is 0 Å². The van der Waals surface area contributed by atoms with Gasteiger partial charge in [0.05, 0.1) is 11.5 Å². The molecule has 0 radical (unpaired) electrons. The van der Waals surface area contributed by atoms with Gasteiger partial charge in [-0.05, 0) is 18.4 Å². The summed E-state index contributed by atoms with van der Waals surface area (Å²) in [5, 5.41) is 19.9. The molecule has 0 aromatic heterocycles. The number of nitro groups is 1. The molecular weight excluding hydrogens is 250 g/mol. The largest absolute Gasteiger partial charge is 0.486 e. The number of rotatable bonds is 6. The molecule has 6 nitrogen and oxygen atoms in total. The van der Waals surface area contributed by atoms with Gasteiger partial charge >= 0.3 is 11.7 Å². The SMILES string of the molecule is O=C(O)c1cccc([N+](=O)[O-])c1OCCC1CCC1. The van der Waals surface area contributed by atoms with Crippen molar-refractivity contribution in [1.29, 1.82) is 0 Å². The van der Waals surface area contributed by atoms with Crippen molar-refractivity contribution in [2.24, 2.45) is 5.92 Å². The highest BCUT2D eigenvalue weighted by molar-refractivity contribution is 5.92. The number of carboxylic acids is 1. The van der Waals surface area contributed by atoms with Gasteiger partial charge in [-0.25, -0.2) is 4.79 Å². The lowest BCUT2D eigenvalue weighted by atomic mass is 9.83. The molecule has 2 rings (SSSR count). The second-order valence-electron chi connectivity index (χ2n) is 4.65. The van der Waals surface area contributed by atoms with Gasteiger partial charge < -0.3 is 9.84 Å². The minimum atomic E-state index is -1.22. The number of aromatic carboxylic acids is 1. The predicted octanol–water partition coefficient (Wildman–Crippen LogP) is 2.86. The molecule has 0 atom stereocenters. The maximum Gasteiger partial charge on any atom is 0.339 e. The molecule has 1 aromatic rings. The van der Waals surface area contributed by atoms with Crippen LogP contribution in [0.25, 0.3) is 0 Å². The van der Waals surface area contributed by atoms with E-state index < -0.39 is 10.9 Å². The third-order valence-electron chi connectivity index (χ3n) is 3.42. The summed E-state index contributed by atoms with van der Waals surface area (Å²) in [6.07, 6.45) is 4.35. The molecule has 6 heteroatoms. The second kappa shape index (κ2) is 5.69. The molecule has 0 amide bonds. The van der Waals surface area contributed by atoms with Crippen LogP contribution in [0, 0.1) is 16.0 Å². The molecule has 1 aromatic carbocycles. The Morgan fingerprint density at radius 2 is 2.21 bits per heavy atom. The highest BCUT2D eigenvalue weighted by Gasteiger charge is 2.24. The zero-order valence-electron chi connectivity index (χ0n) is 10.4. The van der Waals surface area contributed by atoms with E-state index >= 15 is 0 Å².